The summed E-state index contributed by atoms with van der Waals surface area (Å²) in [5.41, 5.74) is 1.16. The van der Waals surface area contributed by atoms with Crippen LogP contribution in [0.4, 0.5) is 0 Å². The van der Waals surface area contributed by atoms with Crippen LogP contribution in [0.15, 0.2) is 43.0 Å². The van der Waals surface area contributed by atoms with Gasteiger partial charge < -0.3 is 9.47 Å². The number of hydrogen-bond donors (Lipinski definition) is 0. The number of rotatable bonds is 4. The summed E-state index contributed by atoms with van der Waals surface area (Å²) in [6, 6.07) is 11.4. The van der Waals surface area contributed by atoms with Crippen LogP contribution in [0.25, 0.3) is 16.3 Å². The molecule has 2 rings (SSSR count). The Hall–Kier alpha value is -2.29. The van der Waals surface area contributed by atoms with Gasteiger partial charge in [0.15, 0.2) is 0 Å². The highest BCUT2D eigenvalue weighted by Crippen LogP contribution is 2.28. The summed E-state index contributed by atoms with van der Waals surface area (Å²) in [7, 11) is 1.63. The molecule has 3 nitrogen and oxygen atoms in total. The molecule has 98 valence electrons. The van der Waals surface area contributed by atoms with Gasteiger partial charge in [0.2, 0.25) is 0 Å². The zero-order valence-electron chi connectivity index (χ0n) is 11.1. The van der Waals surface area contributed by atoms with Crippen molar-refractivity contribution in [2.45, 2.75) is 6.92 Å². The summed E-state index contributed by atoms with van der Waals surface area (Å²) < 4.78 is 10.2. The molecule has 0 saturated carbocycles. The summed E-state index contributed by atoms with van der Waals surface area (Å²) >= 11 is 0. The minimum atomic E-state index is -0.384. The van der Waals surface area contributed by atoms with E-state index in [2.05, 4.69) is 6.58 Å². The van der Waals surface area contributed by atoms with E-state index in [1.165, 1.54) is 0 Å². The van der Waals surface area contributed by atoms with Crippen molar-refractivity contribution in [3.63, 3.8) is 0 Å². The number of benzene rings is 2. The lowest BCUT2D eigenvalue weighted by atomic mass is 9.99. The lowest BCUT2D eigenvalue weighted by Crippen LogP contribution is -2.06. The first-order valence-electron chi connectivity index (χ1n) is 6.10. The van der Waals surface area contributed by atoms with Crippen molar-refractivity contribution < 1.29 is 14.3 Å². The van der Waals surface area contributed by atoms with Gasteiger partial charge in [-0.25, -0.2) is 4.79 Å². The SMILES string of the molecule is C=C(C(=O)OCC)c1cccc2cc(OC)ccc12. The standard InChI is InChI=1S/C16H16O3/c1-4-19-16(17)11(2)14-7-5-6-12-10-13(18-3)8-9-15(12)14/h5-10H,2,4H2,1,3H3. The Balaban J connectivity index is 2.49. The summed E-state index contributed by atoms with van der Waals surface area (Å²) in [6.07, 6.45) is 0. The number of ether oxygens (including phenoxy) is 2. The zero-order valence-corrected chi connectivity index (χ0v) is 11.1. The van der Waals surface area contributed by atoms with Crippen molar-refractivity contribution in [1.29, 1.82) is 0 Å². The third-order valence-electron chi connectivity index (χ3n) is 2.93. The summed E-state index contributed by atoms with van der Waals surface area (Å²) in [5, 5.41) is 1.96. The molecule has 0 aliphatic rings. The fraction of sp³-hybridized carbons (Fsp3) is 0.188. The van der Waals surface area contributed by atoms with Crippen LogP contribution in [0.5, 0.6) is 5.75 Å². The second kappa shape index (κ2) is 5.57. The molecule has 0 atom stereocenters. The van der Waals surface area contributed by atoms with Gasteiger partial charge in [-0.1, -0.05) is 30.8 Å². The molecule has 0 heterocycles. The van der Waals surface area contributed by atoms with E-state index in [9.17, 15) is 4.79 Å². The number of esters is 1. The van der Waals surface area contributed by atoms with Crippen LogP contribution in [0.1, 0.15) is 12.5 Å². The topological polar surface area (TPSA) is 35.5 Å². The highest BCUT2D eigenvalue weighted by atomic mass is 16.5. The Morgan fingerprint density at radius 1 is 1.26 bits per heavy atom. The second-order valence-electron chi connectivity index (χ2n) is 4.09. The molecule has 0 aromatic heterocycles. The molecule has 0 unspecified atom stereocenters. The van der Waals surface area contributed by atoms with Gasteiger partial charge in [0.05, 0.1) is 19.3 Å². The van der Waals surface area contributed by atoms with Crippen molar-refractivity contribution in [1.82, 2.24) is 0 Å². The Labute approximate surface area is 112 Å². The minimum Gasteiger partial charge on any atom is -0.497 e. The largest absolute Gasteiger partial charge is 0.497 e. The predicted octanol–water partition coefficient (Wildman–Crippen LogP) is 3.42. The van der Waals surface area contributed by atoms with Gasteiger partial charge in [-0.3, -0.25) is 0 Å². The first-order chi connectivity index (χ1) is 9.17. The second-order valence-corrected chi connectivity index (χ2v) is 4.09. The van der Waals surface area contributed by atoms with Crippen molar-refractivity contribution in [2.24, 2.45) is 0 Å². The van der Waals surface area contributed by atoms with Gasteiger partial charge in [0.25, 0.3) is 0 Å². The molecule has 2 aromatic carbocycles. The number of fused-ring (bicyclic) bond motifs is 1. The van der Waals surface area contributed by atoms with E-state index in [0.717, 1.165) is 22.1 Å². The monoisotopic (exact) mass is 256 g/mol. The highest BCUT2D eigenvalue weighted by molar-refractivity contribution is 6.19. The average molecular weight is 256 g/mol. The molecule has 19 heavy (non-hydrogen) atoms. The fourth-order valence-corrected chi connectivity index (χ4v) is 1.98. The third-order valence-corrected chi connectivity index (χ3v) is 2.93. The summed E-state index contributed by atoms with van der Waals surface area (Å²) in [6.45, 7) is 5.95. The van der Waals surface area contributed by atoms with E-state index in [1.807, 2.05) is 36.4 Å². The van der Waals surface area contributed by atoms with Crippen LogP contribution in [0.2, 0.25) is 0 Å². The quantitative estimate of drug-likeness (QED) is 0.621. The molecular formula is C16H16O3. The average Bonchev–Trinajstić information content (AvgIpc) is 2.45. The van der Waals surface area contributed by atoms with E-state index in [4.69, 9.17) is 9.47 Å². The lowest BCUT2D eigenvalue weighted by molar-refractivity contribution is -0.136. The van der Waals surface area contributed by atoms with Gasteiger partial charge in [-0.15, -0.1) is 0 Å². The van der Waals surface area contributed by atoms with Gasteiger partial charge in [0.1, 0.15) is 5.75 Å². The Kier molecular flexibility index (Phi) is 3.85. The number of carbonyl (C=O) groups is 1. The fourth-order valence-electron chi connectivity index (χ4n) is 1.98. The maximum atomic E-state index is 11.8. The summed E-state index contributed by atoms with van der Waals surface area (Å²) in [4.78, 5) is 11.8. The van der Waals surface area contributed by atoms with E-state index in [-0.39, 0.29) is 5.97 Å². The number of hydrogen-bond acceptors (Lipinski definition) is 3. The van der Waals surface area contributed by atoms with Gasteiger partial charge >= 0.3 is 5.97 Å². The van der Waals surface area contributed by atoms with E-state index in [0.29, 0.717) is 12.2 Å². The maximum absolute atomic E-state index is 11.8. The van der Waals surface area contributed by atoms with Crippen LogP contribution < -0.4 is 4.74 Å². The van der Waals surface area contributed by atoms with E-state index in [1.54, 1.807) is 14.0 Å². The molecule has 0 radical (unpaired) electrons. The Bertz CT molecular complexity index is 629. The van der Waals surface area contributed by atoms with Gasteiger partial charge in [-0.2, -0.15) is 0 Å². The normalized spacial score (nSPS) is 10.2. The number of methoxy groups -OCH3 is 1. The molecule has 0 bridgehead atoms. The first-order valence-corrected chi connectivity index (χ1v) is 6.10. The third kappa shape index (κ3) is 2.60. The van der Waals surface area contributed by atoms with Crippen LogP contribution in [0.3, 0.4) is 0 Å². The maximum Gasteiger partial charge on any atom is 0.338 e. The van der Waals surface area contributed by atoms with Gasteiger partial charge in [0, 0.05) is 0 Å². The molecule has 2 aromatic rings. The first kappa shape index (κ1) is 13.1. The van der Waals surface area contributed by atoms with E-state index < -0.39 is 0 Å². The molecule has 0 saturated heterocycles. The van der Waals surface area contributed by atoms with Crippen LogP contribution in [-0.2, 0) is 9.53 Å². The van der Waals surface area contributed by atoms with Crippen molar-refractivity contribution in [2.75, 3.05) is 13.7 Å². The zero-order chi connectivity index (χ0) is 13.8. The molecular weight excluding hydrogens is 240 g/mol. The van der Waals surface area contributed by atoms with Crippen LogP contribution in [0, 0.1) is 0 Å². The lowest BCUT2D eigenvalue weighted by Gasteiger charge is -2.10. The molecule has 0 N–H and O–H groups in total. The molecule has 0 spiro atoms. The molecule has 0 aliphatic carbocycles. The highest BCUT2D eigenvalue weighted by Gasteiger charge is 2.13. The van der Waals surface area contributed by atoms with Crippen molar-refractivity contribution in [3.05, 3.63) is 48.5 Å². The van der Waals surface area contributed by atoms with Crippen molar-refractivity contribution >= 4 is 22.3 Å². The number of carbonyl (C=O) groups excluding carboxylic acids is 1. The predicted molar refractivity (Wildman–Crippen MR) is 76.2 cm³/mol. The van der Waals surface area contributed by atoms with Crippen LogP contribution in [-0.4, -0.2) is 19.7 Å². The van der Waals surface area contributed by atoms with Gasteiger partial charge in [-0.05, 0) is 35.4 Å². The molecule has 0 amide bonds. The van der Waals surface area contributed by atoms with E-state index >= 15 is 0 Å². The minimum absolute atomic E-state index is 0.344. The Morgan fingerprint density at radius 2 is 2.05 bits per heavy atom. The molecule has 0 aliphatic heterocycles. The smallest absolute Gasteiger partial charge is 0.338 e. The molecule has 0 fully saturated rings. The van der Waals surface area contributed by atoms with Crippen molar-refractivity contribution in [3.8, 4) is 5.75 Å². The molecule has 3 heteroatoms. The van der Waals surface area contributed by atoms with Crippen LogP contribution >= 0.6 is 0 Å². The summed E-state index contributed by atoms with van der Waals surface area (Å²) in [5.74, 6) is 0.400. The Morgan fingerprint density at radius 3 is 2.74 bits per heavy atom.